The van der Waals surface area contributed by atoms with Crippen LogP contribution < -0.4 is 10.6 Å². The molecule has 1 atom stereocenters. The van der Waals surface area contributed by atoms with E-state index >= 15 is 0 Å². The smallest absolute Gasteiger partial charge is 0.250 e. The Morgan fingerprint density at radius 1 is 1.31 bits per heavy atom. The van der Waals surface area contributed by atoms with Crippen molar-refractivity contribution in [3.8, 4) is 0 Å². The van der Waals surface area contributed by atoms with Crippen molar-refractivity contribution in [1.82, 2.24) is 10.6 Å². The lowest BCUT2D eigenvalue weighted by molar-refractivity contribution is -0.134. The van der Waals surface area contributed by atoms with E-state index < -0.39 is 0 Å². The second-order valence-corrected chi connectivity index (χ2v) is 4.81. The lowest BCUT2D eigenvalue weighted by Crippen LogP contribution is -2.48. The van der Waals surface area contributed by atoms with Gasteiger partial charge in [-0.25, -0.2) is 0 Å². The molecule has 0 bridgehead atoms. The van der Waals surface area contributed by atoms with Crippen LogP contribution in [0.5, 0.6) is 0 Å². The highest BCUT2D eigenvalue weighted by Gasteiger charge is 2.22. The molecule has 16 heavy (non-hydrogen) atoms. The maximum Gasteiger partial charge on any atom is 0.250 e. The summed E-state index contributed by atoms with van der Waals surface area (Å²) in [5, 5.41) is 6.19. The summed E-state index contributed by atoms with van der Waals surface area (Å²) in [4.78, 5) is 11.8. The van der Waals surface area contributed by atoms with Gasteiger partial charge in [-0.05, 0) is 18.8 Å². The summed E-state index contributed by atoms with van der Waals surface area (Å²) >= 11 is 0. The van der Waals surface area contributed by atoms with Gasteiger partial charge in [0.2, 0.25) is 5.91 Å². The Labute approximate surface area is 97.1 Å². The number of morpholine rings is 1. The van der Waals surface area contributed by atoms with Crippen molar-refractivity contribution in [1.29, 1.82) is 0 Å². The molecule has 92 valence electrons. The van der Waals surface area contributed by atoms with E-state index in [1.807, 2.05) is 0 Å². The molecule has 1 unspecified atom stereocenters. The standard InChI is InChI=1S/C12H22N2O2/c15-12(11-9-13-6-7-16-11)14-8-10-4-2-1-3-5-10/h10-11,13H,1-9H2,(H,14,15). The van der Waals surface area contributed by atoms with E-state index in [2.05, 4.69) is 10.6 Å². The summed E-state index contributed by atoms with van der Waals surface area (Å²) in [5.41, 5.74) is 0. The highest BCUT2D eigenvalue weighted by molar-refractivity contribution is 5.81. The van der Waals surface area contributed by atoms with Gasteiger partial charge in [0.1, 0.15) is 6.10 Å². The summed E-state index contributed by atoms with van der Waals surface area (Å²) in [7, 11) is 0. The molecule has 1 saturated heterocycles. The minimum Gasteiger partial charge on any atom is -0.366 e. The molecule has 1 amide bonds. The van der Waals surface area contributed by atoms with Gasteiger partial charge in [0.25, 0.3) is 0 Å². The fraction of sp³-hybridized carbons (Fsp3) is 0.917. The lowest BCUT2D eigenvalue weighted by atomic mass is 9.89. The Kier molecular flexibility index (Phi) is 4.60. The largest absolute Gasteiger partial charge is 0.366 e. The van der Waals surface area contributed by atoms with E-state index in [1.54, 1.807) is 0 Å². The number of hydrogen-bond acceptors (Lipinski definition) is 3. The average Bonchev–Trinajstić information content (AvgIpc) is 2.38. The van der Waals surface area contributed by atoms with E-state index in [9.17, 15) is 4.79 Å². The van der Waals surface area contributed by atoms with Gasteiger partial charge in [0.05, 0.1) is 6.61 Å². The monoisotopic (exact) mass is 226 g/mol. The first-order valence-corrected chi connectivity index (χ1v) is 6.46. The number of carbonyl (C=O) groups excluding carboxylic acids is 1. The van der Waals surface area contributed by atoms with Gasteiger partial charge in [0.15, 0.2) is 0 Å². The quantitative estimate of drug-likeness (QED) is 0.743. The molecule has 0 aromatic rings. The van der Waals surface area contributed by atoms with Crippen molar-refractivity contribution in [2.75, 3.05) is 26.2 Å². The summed E-state index contributed by atoms with van der Waals surface area (Å²) < 4.78 is 5.41. The molecule has 2 rings (SSSR count). The van der Waals surface area contributed by atoms with Crippen molar-refractivity contribution in [3.63, 3.8) is 0 Å². The number of hydrogen-bond donors (Lipinski definition) is 2. The molecule has 2 fully saturated rings. The van der Waals surface area contributed by atoms with E-state index in [1.165, 1.54) is 32.1 Å². The van der Waals surface area contributed by atoms with E-state index in [0.717, 1.165) is 13.1 Å². The fourth-order valence-electron chi connectivity index (χ4n) is 2.48. The van der Waals surface area contributed by atoms with Crippen molar-refractivity contribution >= 4 is 5.91 Å². The molecule has 0 radical (unpaired) electrons. The Hall–Kier alpha value is -0.610. The van der Waals surface area contributed by atoms with E-state index in [-0.39, 0.29) is 12.0 Å². The van der Waals surface area contributed by atoms with Crippen LogP contribution in [-0.2, 0) is 9.53 Å². The highest BCUT2D eigenvalue weighted by Crippen LogP contribution is 2.22. The average molecular weight is 226 g/mol. The van der Waals surface area contributed by atoms with Crippen LogP contribution in [0.3, 0.4) is 0 Å². The molecule has 1 aliphatic carbocycles. The van der Waals surface area contributed by atoms with Gasteiger partial charge in [-0.3, -0.25) is 4.79 Å². The Bertz CT molecular complexity index is 221. The third-order valence-electron chi connectivity index (χ3n) is 3.51. The van der Waals surface area contributed by atoms with E-state index in [4.69, 9.17) is 4.74 Å². The van der Waals surface area contributed by atoms with Gasteiger partial charge in [-0.15, -0.1) is 0 Å². The first-order valence-electron chi connectivity index (χ1n) is 6.46. The first-order chi connectivity index (χ1) is 7.86. The Morgan fingerprint density at radius 3 is 2.81 bits per heavy atom. The minimum absolute atomic E-state index is 0.0535. The molecule has 2 N–H and O–H groups in total. The third-order valence-corrected chi connectivity index (χ3v) is 3.51. The zero-order valence-electron chi connectivity index (χ0n) is 9.84. The van der Waals surface area contributed by atoms with Crippen LogP contribution in [0, 0.1) is 5.92 Å². The zero-order chi connectivity index (χ0) is 11.2. The van der Waals surface area contributed by atoms with Gasteiger partial charge in [-0.1, -0.05) is 19.3 Å². The topological polar surface area (TPSA) is 50.4 Å². The summed E-state index contributed by atoms with van der Waals surface area (Å²) in [6.07, 6.45) is 6.26. The number of ether oxygens (including phenoxy) is 1. The second-order valence-electron chi connectivity index (χ2n) is 4.81. The molecule has 2 aliphatic rings. The van der Waals surface area contributed by atoms with Gasteiger partial charge >= 0.3 is 0 Å². The molecular formula is C12H22N2O2. The SMILES string of the molecule is O=C(NCC1CCCCC1)C1CNCCO1. The van der Waals surface area contributed by atoms with Crippen molar-refractivity contribution < 1.29 is 9.53 Å². The summed E-state index contributed by atoms with van der Waals surface area (Å²) in [6, 6.07) is 0. The maximum atomic E-state index is 11.8. The maximum absolute atomic E-state index is 11.8. The fourth-order valence-corrected chi connectivity index (χ4v) is 2.48. The molecule has 4 heteroatoms. The van der Waals surface area contributed by atoms with Crippen LogP contribution in [0.4, 0.5) is 0 Å². The predicted octanol–water partition coefficient (Wildman–Crippen LogP) is 0.671. The third kappa shape index (κ3) is 3.46. The van der Waals surface area contributed by atoms with Crippen LogP contribution in [-0.4, -0.2) is 38.3 Å². The van der Waals surface area contributed by atoms with Crippen LogP contribution >= 0.6 is 0 Å². The van der Waals surface area contributed by atoms with Crippen LogP contribution in [0.2, 0.25) is 0 Å². The number of rotatable bonds is 3. The van der Waals surface area contributed by atoms with Crippen molar-refractivity contribution in [2.24, 2.45) is 5.92 Å². The lowest BCUT2D eigenvalue weighted by Gasteiger charge is -2.25. The van der Waals surface area contributed by atoms with Gasteiger partial charge in [0, 0.05) is 19.6 Å². The molecular weight excluding hydrogens is 204 g/mol. The number of nitrogens with one attached hydrogen (secondary N) is 2. The second kappa shape index (κ2) is 6.21. The van der Waals surface area contributed by atoms with Gasteiger partial charge in [-0.2, -0.15) is 0 Å². The molecule has 0 aromatic carbocycles. The number of carbonyl (C=O) groups is 1. The summed E-state index contributed by atoms with van der Waals surface area (Å²) in [6.45, 7) is 2.98. The predicted molar refractivity (Wildman–Crippen MR) is 62.2 cm³/mol. The van der Waals surface area contributed by atoms with Crippen LogP contribution in [0.1, 0.15) is 32.1 Å². The van der Waals surface area contributed by atoms with Crippen LogP contribution in [0.25, 0.3) is 0 Å². The summed E-state index contributed by atoms with van der Waals surface area (Å²) in [5.74, 6) is 0.743. The normalized spacial score (nSPS) is 27.6. The van der Waals surface area contributed by atoms with E-state index in [0.29, 0.717) is 19.1 Å². The van der Waals surface area contributed by atoms with Crippen molar-refractivity contribution in [3.05, 3.63) is 0 Å². The van der Waals surface area contributed by atoms with Gasteiger partial charge < -0.3 is 15.4 Å². The number of amides is 1. The molecule has 1 aliphatic heterocycles. The molecule has 0 spiro atoms. The minimum atomic E-state index is -0.280. The molecule has 1 saturated carbocycles. The Balaban J connectivity index is 1.65. The highest BCUT2D eigenvalue weighted by atomic mass is 16.5. The molecule has 0 aromatic heterocycles. The first kappa shape index (κ1) is 11.9. The zero-order valence-corrected chi connectivity index (χ0v) is 9.84. The Morgan fingerprint density at radius 2 is 2.12 bits per heavy atom. The van der Waals surface area contributed by atoms with Crippen molar-refractivity contribution in [2.45, 2.75) is 38.2 Å². The molecule has 1 heterocycles. The molecule has 4 nitrogen and oxygen atoms in total. The van der Waals surface area contributed by atoms with Crippen LogP contribution in [0.15, 0.2) is 0 Å².